The zero-order valence-corrected chi connectivity index (χ0v) is 18.3. The minimum absolute atomic E-state index is 0.636. The van der Waals surface area contributed by atoms with Crippen molar-refractivity contribution < 1.29 is 0 Å². The molecule has 3 aromatic rings. The average molecular weight is 434 g/mol. The molecule has 1 N–H and O–H groups in total. The Morgan fingerprint density at radius 2 is 1.33 bits per heavy atom. The summed E-state index contributed by atoms with van der Waals surface area (Å²) in [5.41, 5.74) is 1.21. The Bertz CT molecular complexity index is 804. The number of benzene rings is 3. The van der Waals surface area contributed by atoms with Crippen LogP contribution in [0.2, 0.25) is 0 Å². The molecule has 0 heterocycles. The molecule has 0 saturated heterocycles. The molecule has 3 rings (SSSR count). The highest BCUT2D eigenvalue weighted by molar-refractivity contribution is 7.98. The summed E-state index contributed by atoms with van der Waals surface area (Å²) in [4.78, 5) is 1.24. The van der Waals surface area contributed by atoms with E-state index in [1.165, 1.54) is 21.1 Å². The van der Waals surface area contributed by atoms with Crippen LogP contribution in [0.1, 0.15) is 5.56 Å². The van der Waals surface area contributed by atoms with Gasteiger partial charge in [0.05, 0.1) is 0 Å². The molecule has 0 aromatic heterocycles. The Kier molecular flexibility index (Phi) is 7.64. The molecule has 0 aliphatic heterocycles. The molecule has 0 unspecified atom stereocenters. The Hall–Kier alpha value is -1.02. The first-order valence-electron chi connectivity index (χ1n) is 8.71. The van der Waals surface area contributed by atoms with Gasteiger partial charge in [-0.15, -0.1) is 11.8 Å². The SMILES string of the molecule is CSc1ccccc1CNC(Cl)(Cl)CP(c1ccccc1)c1ccccc1. The molecule has 0 fully saturated rings. The first-order chi connectivity index (χ1) is 13.1. The Balaban J connectivity index is 1.78. The molecule has 140 valence electrons. The van der Waals surface area contributed by atoms with E-state index >= 15 is 0 Å². The van der Waals surface area contributed by atoms with Crippen molar-refractivity contribution in [3.63, 3.8) is 0 Å². The van der Waals surface area contributed by atoms with Crippen LogP contribution in [0.25, 0.3) is 0 Å². The van der Waals surface area contributed by atoms with Gasteiger partial charge in [-0.25, -0.2) is 0 Å². The van der Waals surface area contributed by atoms with Crippen LogP contribution in [0.3, 0.4) is 0 Å². The second kappa shape index (κ2) is 9.96. The second-order valence-corrected chi connectivity index (χ2v) is 10.7. The van der Waals surface area contributed by atoms with E-state index in [0.717, 1.165) is 0 Å². The summed E-state index contributed by atoms with van der Waals surface area (Å²) >= 11 is 15.2. The molecule has 27 heavy (non-hydrogen) atoms. The predicted octanol–water partition coefficient (Wildman–Crippen LogP) is 5.76. The number of hydrogen-bond acceptors (Lipinski definition) is 2. The van der Waals surface area contributed by atoms with Crippen molar-refractivity contribution >= 4 is 53.5 Å². The van der Waals surface area contributed by atoms with Crippen molar-refractivity contribution in [3.8, 4) is 0 Å². The minimum Gasteiger partial charge on any atom is -0.282 e. The molecule has 0 bridgehead atoms. The maximum atomic E-state index is 6.74. The largest absolute Gasteiger partial charge is 0.282 e. The zero-order chi connectivity index (χ0) is 19.1. The van der Waals surface area contributed by atoms with Crippen molar-refractivity contribution in [3.05, 3.63) is 90.5 Å². The summed E-state index contributed by atoms with van der Waals surface area (Å²) in [7, 11) is -0.662. The van der Waals surface area contributed by atoms with Crippen LogP contribution in [-0.4, -0.2) is 16.9 Å². The standard InChI is InChI=1S/C22H22Cl2NPS/c1-27-21-15-9-8-10-18(21)16-25-22(23,24)17-26(19-11-4-2-5-12-19)20-13-6-3-7-14-20/h2-15,25H,16-17H2,1H3. The van der Waals surface area contributed by atoms with Gasteiger partial charge in [-0.05, 0) is 36.4 Å². The molecular weight excluding hydrogens is 412 g/mol. The average Bonchev–Trinajstić information content (AvgIpc) is 2.72. The van der Waals surface area contributed by atoms with Gasteiger partial charge in [0.1, 0.15) is 0 Å². The summed E-state index contributed by atoms with van der Waals surface area (Å²) in [6.45, 7) is 0.636. The molecule has 1 nitrogen and oxygen atoms in total. The summed E-state index contributed by atoms with van der Waals surface area (Å²) < 4.78 is -1.01. The van der Waals surface area contributed by atoms with Crippen molar-refractivity contribution in [1.29, 1.82) is 0 Å². The molecule has 5 heteroatoms. The van der Waals surface area contributed by atoms with E-state index in [-0.39, 0.29) is 0 Å². The first kappa shape index (κ1) is 20.7. The number of halogens is 2. The van der Waals surface area contributed by atoms with Gasteiger partial charge in [-0.3, -0.25) is 5.32 Å². The highest BCUT2D eigenvalue weighted by atomic mass is 35.5. The van der Waals surface area contributed by atoms with Crippen LogP contribution in [0.5, 0.6) is 0 Å². The maximum absolute atomic E-state index is 6.74. The van der Waals surface area contributed by atoms with Crippen LogP contribution in [0.4, 0.5) is 0 Å². The van der Waals surface area contributed by atoms with E-state index in [1.807, 2.05) is 24.3 Å². The molecule has 0 radical (unpaired) electrons. The fourth-order valence-corrected chi connectivity index (χ4v) is 6.58. The number of hydrogen-bond donors (Lipinski definition) is 1. The maximum Gasteiger partial charge on any atom is 0.173 e. The van der Waals surface area contributed by atoms with Crippen LogP contribution >= 0.6 is 42.9 Å². The topological polar surface area (TPSA) is 12.0 Å². The lowest BCUT2D eigenvalue weighted by Crippen LogP contribution is -2.38. The number of alkyl halides is 2. The smallest absolute Gasteiger partial charge is 0.173 e. The van der Waals surface area contributed by atoms with Crippen LogP contribution in [-0.2, 0) is 6.54 Å². The Morgan fingerprint density at radius 1 is 0.815 bits per heavy atom. The molecule has 0 spiro atoms. The summed E-state index contributed by atoms with van der Waals surface area (Å²) in [6.07, 6.45) is 2.72. The van der Waals surface area contributed by atoms with Crippen molar-refractivity contribution in [1.82, 2.24) is 5.32 Å². The monoisotopic (exact) mass is 433 g/mol. The molecule has 0 amide bonds. The number of thioether (sulfide) groups is 1. The van der Waals surface area contributed by atoms with Gasteiger partial charge in [-0.2, -0.15) is 0 Å². The third kappa shape index (κ3) is 5.98. The lowest BCUT2D eigenvalue weighted by molar-refractivity contribution is 0.630. The van der Waals surface area contributed by atoms with Gasteiger partial charge >= 0.3 is 0 Å². The Morgan fingerprint density at radius 3 is 1.89 bits per heavy atom. The van der Waals surface area contributed by atoms with Gasteiger partial charge in [0.25, 0.3) is 0 Å². The van der Waals surface area contributed by atoms with Crippen LogP contribution < -0.4 is 15.9 Å². The molecule has 0 aliphatic carbocycles. The second-order valence-electron chi connectivity index (χ2n) is 6.13. The molecule has 3 aromatic carbocycles. The van der Waals surface area contributed by atoms with E-state index in [9.17, 15) is 0 Å². The third-order valence-corrected chi connectivity index (χ3v) is 8.60. The molecule has 0 saturated carbocycles. The molecule has 0 atom stereocenters. The van der Waals surface area contributed by atoms with Gasteiger partial charge in [0.15, 0.2) is 4.46 Å². The minimum atomic E-state index is -1.01. The van der Waals surface area contributed by atoms with Gasteiger partial charge < -0.3 is 0 Å². The van der Waals surface area contributed by atoms with Gasteiger partial charge in [0, 0.05) is 17.6 Å². The van der Waals surface area contributed by atoms with Crippen LogP contribution in [0.15, 0.2) is 89.8 Å². The van der Waals surface area contributed by atoms with Crippen molar-refractivity contribution in [2.45, 2.75) is 15.9 Å². The van der Waals surface area contributed by atoms with E-state index in [1.54, 1.807) is 11.8 Å². The van der Waals surface area contributed by atoms with E-state index in [0.29, 0.717) is 12.7 Å². The highest BCUT2D eigenvalue weighted by Crippen LogP contribution is 2.40. The molecular formula is C22H22Cl2NPS. The van der Waals surface area contributed by atoms with Gasteiger partial charge in [-0.1, -0.05) is 102 Å². The van der Waals surface area contributed by atoms with E-state index < -0.39 is 12.4 Å². The van der Waals surface area contributed by atoms with E-state index in [4.69, 9.17) is 23.2 Å². The zero-order valence-electron chi connectivity index (χ0n) is 15.1. The van der Waals surface area contributed by atoms with Crippen molar-refractivity contribution in [2.75, 3.05) is 12.4 Å². The molecule has 0 aliphatic rings. The quantitative estimate of drug-likeness (QED) is 0.209. The highest BCUT2D eigenvalue weighted by Gasteiger charge is 2.29. The Labute approximate surface area is 177 Å². The predicted molar refractivity (Wildman–Crippen MR) is 123 cm³/mol. The summed E-state index contributed by atoms with van der Waals surface area (Å²) in [5.74, 6) is 0. The van der Waals surface area contributed by atoms with Gasteiger partial charge in [0.2, 0.25) is 0 Å². The normalized spacial score (nSPS) is 11.7. The fraction of sp³-hybridized carbons (Fsp3) is 0.182. The first-order valence-corrected chi connectivity index (χ1v) is 12.2. The number of rotatable bonds is 8. The number of nitrogens with one attached hydrogen (secondary N) is 1. The lowest BCUT2D eigenvalue weighted by Gasteiger charge is -2.28. The fourth-order valence-electron chi connectivity index (χ4n) is 2.88. The summed E-state index contributed by atoms with van der Waals surface area (Å²) in [6, 6.07) is 29.3. The third-order valence-electron chi connectivity index (χ3n) is 4.22. The van der Waals surface area contributed by atoms with E-state index in [2.05, 4.69) is 72.2 Å². The van der Waals surface area contributed by atoms with Crippen LogP contribution in [0, 0.1) is 0 Å². The lowest BCUT2D eigenvalue weighted by atomic mass is 10.2. The summed E-state index contributed by atoms with van der Waals surface area (Å²) in [5, 5.41) is 5.90. The van der Waals surface area contributed by atoms with Crippen molar-refractivity contribution in [2.24, 2.45) is 0 Å².